The summed E-state index contributed by atoms with van der Waals surface area (Å²) in [5.41, 5.74) is 0. The van der Waals surface area contributed by atoms with Crippen LogP contribution in [0.5, 0.6) is 0 Å². The van der Waals surface area contributed by atoms with Crippen LogP contribution in [0.4, 0.5) is 0 Å². The Morgan fingerprint density at radius 2 is 2.27 bits per heavy atom. The smallest absolute Gasteiger partial charge is 0.0589 e. The molecule has 0 amide bonds. The highest BCUT2D eigenvalue weighted by atomic mass is 16.5. The Hall–Kier alpha value is -0.120. The second-order valence-corrected chi connectivity index (χ2v) is 4.94. The van der Waals surface area contributed by atoms with E-state index in [2.05, 4.69) is 24.1 Å². The Balaban J connectivity index is 2.26. The van der Waals surface area contributed by atoms with E-state index in [0.717, 1.165) is 19.1 Å². The summed E-state index contributed by atoms with van der Waals surface area (Å²) >= 11 is 0. The van der Waals surface area contributed by atoms with Crippen LogP contribution in [0.3, 0.4) is 0 Å². The number of nitrogens with one attached hydrogen (secondary N) is 1. The van der Waals surface area contributed by atoms with Crippen LogP contribution >= 0.6 is 0 Å². The van der Waals surface area contributed by atoms with Crippen molar-refractivity contribution in [2.45, 2.75) is 32.7 Å². The molecule has 0 radical (unpaired) electrons. The standard InChI is InChI=1S/C12H26N2O/c1-11(2)9-14(7-8-15-3)10-12-5-4-6-13-12/h11-13H,4-10H2,1-3H3/t12-/m1/s1. The van der Waals surface area contributed by atoms with E-state index < -0.39 is 0 Å². The summed E-state index contributed by atoms with van der Waals surface area (Å²) in [6, 6.07) is 0.709. The number of rotatable bonds is 7. The van der Waals surface area contributed by atoms with Crippen LogP contribution in [-0.4, -0.2) is 50.8 Å². The Morgan fingerprint density at radius 1 is 1.47 bits per heavy atom. The minimum atomic E-state index is 0.709. The molecule has 15 heavy (non-hydrogen) atoms. The Bertz CT molecular complexity index is 156. The molecule has 1 aliphatic rings. The van der Waals surface area contributed by atoms with Gasteiger partial charge in [0, 0.05) is 32.8 Å². The molecule has 3 heteroatoms. The molecular weight excluding hydrogens is 188 g/mol. The molecule has 3 nitrogen and oxygen atoms in total. The van der Waals surface area contributed by atoms with E-state index in [0.29, 0.717) is 6.04 Å². The van der Waals surface area contributed by atoms with Gasteiger partial charge in [0.05, 0.1) is 6.61 Å². The van der Waals surface area contributed by atoms with Crippen LogP contribution in [0.1, 0.15) is 26.7 Å². The van der Waals surface area contributed by atoms with Gasteiger partial charge in [-0.05, 0) is 25.3 Å². The third-order valence-electron chi connectivity index (χ3n) is 2.88. The fourth-order valence-corrected chi connectivity index (χ4v) is 2.22. The van der Waals surface area contributed by atoms with E-state index in [-0.39, 0.29) is 0 Å². The molecular formula is C12H26N2O. The molecule has 1 atom stereocenters. The number of methoxy groups -OCH3 is 1. The topological polar surface area (TPSA) is 24.5 Å². The molecule has 0 unspecified atom stereocenters. The SMILES string of the molecule is COCCN(CC(C)C)C[C@H]1CCCN1. The monoisotopic (exact) mass is 214 g/mol. The molecule has 0 aromatic carbocycles. The zero-order chi connectivity index (χ0) is 11.1. The molecule has 0 aromatic rings. The van der Waals surface area contributed by atoms with Gasteiger partial charge in [-0.1, -0.05) is 13.8 Å². The average Bonchev–Trinajstić information content (AvgIpc) is 2.66. The van der Waals surface area contributed by atoms with Crippen LogP contribution < -0.4 is 5.32 Å². The first-order valence-corrected chi connectivity index (χ1v) is 6.17. The molecule has 0 spiro atoms. The van der Waals surface area contributed by atoms with Crippen molar-refractivity contribution in [1.29, 1.82) is 0 Å². The summed E-state index contributed by atoms with van der Waals surface area (Å²) in [5, 5.41) is 3.55. The molecule has 1 N–H and O–H groups in total. The van der Waals surface area contributed by atoms with Gasteiger partial charge in [0.1, 0.15) is 0 Å². The quantitative estimate of drug-likeness (QED) is 0.692. The minimum Gasteiger partial charge on any atom is -0.383 e. The van der Waals surface area contributed by atoms with Crippen LogP contribution in [0.25, 0.3) is 0 Å². The maximum Gasteiger partial charge on any atom is 0.0589 e. The van der Waals surface area contributed by atoms with Crippen molar-refractivity contribution in [1.82, 2.24) is 10.2 Å². The summed E-state index contributed by atoms with van der Waals surface area (Å²) in [4.78, 5) is 2.52. The first-order chi connectivity index (χ1) is 7.22. The molecule has 0 aliphatic carbocycles. The molecule has 1 aliphatic heterocycles. The van der Waals surface area contributed by atoms with Gasteiger partial charge in [-0.15, -0.1) is 0 Å². The summed E-state index contributed by atoms with van der Waals surface area (Å²) in [5.74, 6) is 0.739. The van der Waals surface area contributed by atoms with Crippen LogP contribution in [0, 0.1) is 5.92 Å². The lowest BCUT2D eigenvalue weighted by Gasteiger charge is -2.26. The molecule has 0 aromatic heterocycles. The number of hydrogen-bond acceptors (Lipinski definition) is 3. The normalized spacial score (nSPS) is 21.8. The van der Waals surface area contributed by atoms with Gasteiger partial charge < -0.3 is 10.1 Å². The van der Waals surface area contributed by atoms with E-state index in [4.69, 9.17) is 4.74 Å². The zero-order valence-electron chi connectivity index (χ0n) is 10.5. The summed E-state index contributed by atoms with van der Waals surface area (Å²) in [7, 11) is 1.78. The summed E-state index contributed by atoms with van der Waals surface area (Å²) < 4.78 is 5.16. The molecule has 1 fully saturated rings. The van der Waals surface area contributed by atoms with E-state index in [1.54, 1.807) is 7.11 Å². The number of hydrogen-bond donors (Lipinski definition) is 1. The second-order valence-electron chi connectivity index (χ2n) is 4.94. The van der Waals surface area contributed by atoms with Crippen molar-refractivity contribution >= 4 is 0 Å². The maximum atomic E-state index is 5.16. The van der Waals surface area contributed by atoms with E-state index >= 15 is 0 Å². The molecule has 0 saturated carbocycles. The van der Waals surface area contributed by atoms with Gasteiger partial charge in [-0.2, -0.15) is 0 Å². The van der Waals surface area contributed by atoms with Gasteiger partial charge in [-0.3, -0.25) is 4.90 Å². The van der Waals surface area contributed by atoms with Gasteiger partial charge in [0.15, 0.2) is 0 Å². The van der Waals surface area contributed by atoms with Gasteiger partial charge in [-0.25, -0.2) is 0 Å². The Labute approximate surface area is 94.2 Å². The first kappa shape index (κ1) is 12.9. The van der Waals surface area contributed by atoms with E-state index in [1.165, 1.54) is 32.5 Å². The third kappa shape index (κ3) is 5.50. The Morgan fingerprint density at radius 3 is 2.80 bits per heavy atom. The van der Waals surface area contributed by atoms with Crippen LogP contribution in [0.2, 0.25) is 0 Å². The fourth-order valence-electron chi connectivity index (χ4n) is 2.22. The summed E-state index contributed by atoms with van der Waals surface area (Å²) in [6.45, 7) is 10.0. The minimum absolute atomic E-state index is 0.709. The van der Waals surface area contributed by atoms with Crippen molar-refractivity contribution in [3.63, 3.8) is 0 Å². The first-order valence-electron chi connectivity index (χ1n) is 6.17. The highest BCUT2D eigenvalue weighted by Gasteiger charge is 2.18. The zero-order valence-corrected chi connectivity index (χ0v) is 10.5. The van der Waals surface area contributed by atoms with Crippen LogP contribution in [0.15, 0.2) is 0 Å². The second kappa shape index (κ2) is 7.20. The van der Waals surface area contributed by atoms with Crippen molar-refractivity contribution in [3.05, 3.63) is 0 Å². The largest absolute Gasteiger partial charge is 0.383 e. The lowest BCUT2D eigenvalue weighted by atomic mass is 10.1. The van der Waals surface area contributed by atoms with Gasteiger partial charge in [0.2, 0.25) is 0 Å². The molecule has 1 rings (SSSR count). The number of ether oxygens (including phenoxy) is 1. The average molecular weight is 214 g/mol. The molecule has 1 saturated heterocycles. The predicted octanol–water partition coefficient (Wildman–Crippen LogP) is 1.34. The summed E-state index contributed by atoms with van der Waals surface area (Å²) in [6.07, 6.45) is 2.67. The molecule has 90 valence electrons. The molecule has 0 bridgehead atoms. The van der Waals surface area contributed by atoms with E-state index in [9.17, 15) is 0 Å². The van der Waals surface area contributed by atoms with Gasteiger partial charge in [0.25, 0.3) is 0 Å². The maximum absolute atomic E-state index is 5.16. The van der Waals surface area contributed by atoms with Crippen molar-refractivity contribution in [2.24, 2.45) is 5.92 Å². The van der Waals surface area contributed by atoms with Crippen molar-refractivity contribution < 1.29 is 4.74 Å². The Kier molecular flexibility index (Phi) is 6.22. The highest BCUT2D eigenvalue weighted by Crippen LogP contribution is 2.08. The predicted molar refractivity (Wildman–Crippen MR) is 64.2 cm³/mol. The van der Waals surface area contributed by atoms with Crippen molar-refractivity contribution in [2.75, 3.05) is 39.9 Å². The molecule has 1 heterocycles. The fraction of sp³-hybridized carbons (Fsp3) is 1.00. The number of nitrogens with zero attached hydrogens (tertiary/aromatic N) is 1. The van der Waals surface area contributed by atoms with E-state index in [1.807, 2.05) is 0 Å². The van der Waals surface area contributed by atoms with Gasteiger partial charge >= 0.3 is 0 Å². The third-order valence-corrected chi connectivity index (χ3v) is 2.88. The lowest BCUT2D eigenvalue weighted by molar-refractivity contribution is 0.134. The lowest BCUT2D eigenvalue weighted by Crippen LogP contribution is -2.40. The van der Waals surface area contributed by atoms with Crippen LogP contribution in [-0.2, 0) is 4.74 Å². The highest BCUT2D eigenvalue weighted by molar-refractivity contribution is 4.78. The van der Waals surface area contributed by atoms with Crippen molar-refractivity contribution in [3.8, 4) is 0 Å².